The van der Waals surface area contributed by atoms with Gasteiger partial charge in [0.25, 0.3) is 0 Å². The summed E-state index contributed by atoms with van der Waals surface area (Å²) in [5, 5.41) is 16.2. The van der Waals surface area contributed by atoms with Crippen molar-refractivity contribution in [3.63, 3.8) is 0 Å². The van der Waals surface area contributed by atoms with Gasteiger partial charge in [0.05, 0.1) is 20.8 Å². The van der Waals surface area contributed by atoms with Crippen LogP contribution in [0.1, 0.15) is 12.0 Å². The number of hydrogen-bond acceptors (Lipinski definition) is 5. The van der Waals surface area contributed by atoms with E-state index in [0.717, 1.165) is 5.56 Å². The number of nitrogens with one attached hydrogen (secondary N) is 2. The molecular weight excluding hydrogens is 492 g/mol. The van der Waals surface area contributed by atoms with Gasteiger partial charge in [-0.1, -0.05) is 0 Å². The Labute approximate surface area is 179 Å². The highest BCUT2D eigenvalue weighted by atomic mass is 127. The Morgan fingerprint density at radius 2 is 1.89 bits per heavy atom. The van der Waals surface area contributed by atoms with Crippen molar-refractivity contribution in [2.24, 2.45) is 4.99 Å². The molecule has 1 aliphatic rings. The van der Waals surface area contributed by atoms with E-state index in [1.165, 1.54) is 19.1 Å². The lowest BCUT2D eigenvalue weighted by atomic mass is 10.2. The summed E-state index contributed by atoms with van der Waals surface area (Å²) in [5.74, 6) is 0.974. The van der Waals surface area contributed by atoms with Crippen LogP contribution >= 0.6 is 24.0 Å². The SMILES string of the molecule is CN=C(NCc1cc(OC)c(O)c(OC)c1)NC1CCN(CC(F)(F)F)C1.I. The minimum Gasteiger partial charge on any atom is -0.502 e. The number of likely N-dealkylation sites (tertiary alicyclic amines) is 1. The minimum absolute atomic E-state index is 0. The Morgan fingerprint density at radius 3 is 2.39 bits per heavy atom. The Kier molecular flexibility index (Phi) is 9.40. The number of nitrogens with zero attached hydrogens (tertiary/aromatic N) is 2. The molecule has 0 radical (unpaired) electrons. The molecule has 1 atom stereocenters. The van der Waals surface area contributed by atoms with Gasteiger partial charge in [-0.3, -0.25) is 9.89 Å². The summed E-state index contributed by atoms with van der Waals surface area (Å²) in [6, 6.07) is 3.22. The predicted octanol–water partition coefficient (Wildman–Crippen LogP) is 2.33. The molecule has 1 aliphatic heterocycles. The number of rotatable bonds is 6. The van der Waals surface area contributed by atoms with Crippen LogP contribution in [0.15, 0.2) is 17.1 Å². The molecule has 3 N–H and O–H groups in total. The van der Waals surface area contributed by atoms with Crippen LogP contribution < -0.4 is 20.1 Å². The van der Waals surface area contributed by atoms with Gasteiger partial charge < -0.3 is 25.2 Å². The smallest absolute Gasteiger partial charge is 0.401 e. The van der Waals surface area contributed by atoms with E-state index in [0.29, 0.717) is 32.0 Å². The van der Waals surface area contributed by atoms with Gasteiger partial charge in [0.15, 0.2) is 17.5 Å². The van der Waals surface area contributed by atoms with Crippen LogP contribution in [0.4, 0.5) is 13.2 Å². The fraction of sp³-hybridized carbons (Fsp3) is 0.588. The van der Waals surface area contributed by atoms with Crippen molar-refractivity contribution in [1.82, 2.24) is 15.5 Å². The molecule has 160 valence electrons. The number of guanidine groups is 1. The van der Waals surface area contributed by atoms with E-state index in [9.17, 15) is 18.3 Å². The van der Waals surface area contributed by atoms with Crippen molar-refractivity contribution in [2.75, 3.05) is 40.9 Å². The van der Waals surface area contributed by atoms with Crippen LogP contribution in [0, 0.1) is 0 Å². The molecule has 0 amide bonds. The molecular formula is C17H26F3IN4O3. The number of aliphatic imine (C=N–C) groups is 1. The van der Waals surface area contributed by atoms with Crippen LogP contribution in [-0.2, 0) is 6.54 Å². The molecule has 1 fully saturated rings. The number of aromatic hydroxyl groups is 1. The van der Waals surface area contributed by atoms with Gasteiger partial charge in [0, 0.05) is 32.7 Å². The average molecular weight is 518 g/mol. The third kappa shape index (κ3) is 7.08. The summed E-state index contributed by atoms with van der Waals surface area (Å²) in [6.07, 6.45) is -3.58. The van der Waals surface area contributed by atoms with Crippen LogP contribution in [-0.4, -0.2) is 69.1 Å². The number of halogens is 4. The van der Waals surface area contributed by atoms with Gasteiger partial charge in [-0.25, -0.2) is 0 Å². The maximum absolute atomic E-state index is 12.5. The minimum atomic E-state index is -4.19. The topological polar surface area (TPSA) is 78.4 Å². The van der Waals surface area contributed by atoms with Crippen molar-refractivity contribution in [1.29, 1.82) is 0 Å². The Hall–Kier alpha value is -1.63. The van der Waals surface area contributed by atoms with Crippen LogP contribution in [0.5, 0.6) is 17.2 Å². The molecule has 0 aromatic heterocycles. The van der Waals surface area contributed by atoms with Crippen LogP contribution in [0.3, 0.4) is 0 Å². The standard InChI is InChI=1S/C17H25F3N4O3.HI/c1-21-16(23-12-4-5-24(9-12)10-17(18,19)20)22-8-11-6-13(26-2)15(25)14(7-11)27-3;/h6-7,12,25H,4-5,8-10H2,1-3H3,(H2,21,22,23);1H. The summed E-state index contributed by atoms with van der Waals surface area (Å²) >= 11 is 0. The zero-order valence-corrected chi connectivity index (χ0v) is 18.3. The molecule has 1 heterocycles. The summed E-state index contributed by atoms with van der Waals surface area (Å²) < 4.78 is 47.7. The number of ether oxygens (including phenoxy) is 2. The Bertz CT molecular complexity index is 649. The largest absolute Gasteiger partial charge is 0.502 e. The fourth-order valence-corrected chi connectivity index (χ4v) is 2.97. The normalized spacial score (nSPS) is 17.8. The fourth-order valence-electron chi connectivity index (χ4n) is 2.97. The van der Waals surface area contributed by atoms with Crippen molar-refractivity contribution in [2.45, 2.75) is 25.2 Å². The Balaban J connectivity index is 0.00000392. The molecule has 0 saturated carbocycles. The highest BCUT2D eigenvalue weighted by molar-refractivity contribution is 14.0. The van der Waals surface area contributed by atoms with Gasteiger partial charge in [-0.2, -0.15) is 13.2 Å². The number of methoxy groups -OCH3 is 2. The zero-order chi connectivity index (χ0) is 20.0. The third-order valence-electron chi connectivity index (χ3n) is 4.24. The first-order valence-corrected chi connectivity index (χ1v) is 8.46. The highest BCUT2D eigenvalue weighted by Gasteiger charge is 2.34. The maximum atomic E-state index is 12.5. The number of phenolic OH excluding ortho intramolecular Hbond substituents is 1. The molecule has 1 saturated heterocycles. The molecule has 2 rings (SSSR count). The van der Waals surface area contributed by atoms with Gasteiger partial charge in [-0.05, 0) is 24.1 Å². The van der Waals surface area contributed by atoms with Crippen LogP contribution in [0.25, 0.3) is 0 Å². The molecule has 7 nitrogen and oxygen atoms in total. The van der Waals surface area contributed by atoms with Crippen molar-refractivity contribution < 1.29 is 27.8 Å². The summed E-state index contributed by atoms with van der Waals surface area (Å²) in [4.78, 5) is 5.49. The lowest BCUT2D eigenvalue weighted by molar-refractivity contribution is -0.143. The Morgan fingerprint density at radius 1 is 1.29 bits per heavy atom. The monoisotopic (exact) mass is 518 g/mol. The van der Waals surface area contributed by atoms with Crippen molar-refractivity contribution >= 4 is 29.9 Å². The van der Waals surface area contributed by atoms with E-state index in [1.807, 2.05) is 0 Å². The molecule has 1 aromatic carbocycles. The highest BCUT2D eigenvalue weighted by Crippen LogP contribution is 2.37. The van der Waals surface area contributed by atoms with Crippen molar-refractivity contribution in [3.05, 3.63) is 17.7 Å². The molecule has 0 spiro atoms. The van der Waals surface area contributed by atoms with E-state index in [-0.39, 0.29) is 47.3 Å². The lowest BCUT2D eigenvalue weighted by Gasteiger charge is -2.20. The van der Waals surface area contributed by atoms with E-state index < -0.39 is 12.7 Å². The third-order valence-corrected chi connectivity index (χ3v) is 4.24. The lowest BCUT2D eigenvalue weighted by Crippen LogP contribution is -2.44. The van der Waals surface area contributed by atoms with Crippen molar-refractivity contribution in [3.8, 4) is 17.2 Å². The van der Waals surface area contributed by atoms with E-state index in [2.05, 4.69) is 15.6 Å². The number of phenols is 1. The first-order valence-electron chi connectivity index (χ1n) is 8.46. The van der Waals surface area contributed by atoms with Crippen LogP contribution in [0.2, 0.25) is 0 Å². The van der Waals surface area contributed by atoms with E-state index >= 15 is 0 Å². The van der Waals surface area contributed by atoms with Gasteiger partial charge in [-0.15, -0.1) is 24.0 Å². The zero-order valence-electron chi connectivity index (χ0n) is 16.0. The number of benzene rings is 1. The number of alkyl halides is 3. The quantitative estimate of drug-likeness (QED) is 0.305. The van der Waals surface area contributed by atoms with E-state index in [1.54, 1.807) is 19.2 Å². The summed E-state index contributed by atoms with van der Waals surface area (Å²) in [7, 11) is 4.48. The summed E-state index contributed by atoms with van der Waals surface area (Å²) in [6.45, 7) is 0.164. The molecule has 0 bridgehead atoms. The molecule has 28 heavy (non-hydrogen) atoms. The number of hydrogen-bond donors (Lipinski definition) is 3. The maximum Gasteiger partial charge on any atom is 0.401 e. The molecule has 0 aliphatic carbocycles. The first-order chi connectivity index (χ1) is 12.8. The van der Waals surface area contributed by atoms with Gasteiger partial charge >= 0.3 is 6.18 Å². The second kappa shape index (κ2) is 10.8. The van der Waals surface area contributed by atoms with Gasteiger partial charge in [0.2, 0.25) is 5.75 Å². The first kappa shape index (κ1) is 24.4. The molecule has 1 unspecified atom stereocenters. The average Bonchev–Trinajstić information content (AvgIpc) is 3.04. The summed E-state index contributed by atoms with van der Waals surface area (Å²) in [5.41, 5.74) is 0.787. The molecule has 11 heteroatoms. The van der Waals surface area contributed by atoms with Gasteiger partial charge in [0.1, 0.15) is 0 Å². The predicted molar refractivity (Wildman–Crippen MR) is 111 cm³/mol. The second-order valence-electron chi connectivity index (χ2n) is 6.25. The molecule has 1 aromatic rings. The van der Waals surface area contributed by atoms with E-state index in [4.69, 9.17) is 9.47 Å². The second-order valence-corrected chi connectivity index (χ2v) is 6.25.